The van der Waals surface area contributed by atoms with Crippen molar-refractivity contribution < 1.29 is 0 Å². The van der Waals surface area contributed by atoms with Gasteiger partial charge in [-0.2, -0.15) is 0 Å². The summed E-state index contributed by atoms with van der Waals surface area (Å²) in [6.45, 7) is 3.85. The van der Waals surface area contributed by atoms with Gasteiger partial charge >= 0.3 is 0 Å². The number of aryl methyl sites for hydroxylation is 1. The van der Waals surface area contributed by atoms with Crippen molar-refractivity contribution in [2.45, 2.75) is 19.2 Å². The van der Waals surface area contributed by atoms with Gasteiger partial charge < -0.3 is 0 Å². The lowest BCUT2D eigenvalue weighted by molar-refractivity contribution is 0.792. The summed E-state index contributed by atoms with van der Waals surface area (Å²) in [5.41, 5.74) is 2.74. The molecule has 0 fully saturated rings. The maximum atomic E-state index is 5.90. The average Bonchev–Trinajstić information content (AvgIpc) is 2.66. The van der Waals surface area contributed by atoms with Gasteiger partial charge in [0.2, 0.25) is 0 Å². The van der Waals surface area contributed by atoms with Crippen molar-refractivity contribution in [1.82, 2.24) is 20.0 Å². The van der Waals surface area contributed by atoms with E-state index < -0.39 is 0 Å². The molecule has 2 aromatic heterocycles. The summed E-state index contributed by atoms with van der Waals surface area (Å²) < 4.78 is 1.67. The normalized spacial score (nSPS) is 12.7. The Morgan fingerprint density at radius 2 is 2.20 bits per heavy atom. The molecule has 0 saturated carbocycles. The molecule has 1 unspecified atom stereocenters. The Kier molecular flexibility index (Phi) is 2.68. The van der Waals surface area contributed by atoms with Gasteiger partial charge in [-0.05, 0) is 25.5 Å². The first kappa shape index (κ1) is 10.1. The summed E-state index contributed by atoms with van der Waals surface area (Å²) in [7, 11) is 0. The standard InChI is InChI=1S/C10H11ClN4/c1-7-3-9(5-12-4-7)15-6-10(8(2)11)13-14-15/h3-6,8H,1-2H3. The Labute approximate surface area is 92.9 Å². The van der Waals surface area contributed by atoms with E-state index >= 15 is 0 Å². The van der Waals surface area contributed by atoms with E-state index in [9.17, 15) is 0 Å². The summed E-state index contributed by atoms with van der Waals surface area (Å²) in [4.78, 5) is 4.09. The van der Waals surface area contributed by atoms with E-state index in [0.29, 0.717) is 0 Å². The highest BCUT2D eigenvalue weighted by atomic mass is 35.5. The second-order valence-corrected chi connectivity index (χ2v) is 4.08. The molecule has 0 N–H and O–H groups in total. The summed E-state index contributed by atoms with van der Waals surface area (Å²) in [5.74, 6) is 0. The SMILES string of the molecule is Cc1cncc(-n2cc(C(C)Cl)nn2)c1. The Hall–Kier alpha value is -1.42. The van der Waals surface area contributed by atoms with Crippen LogP contribution in [-0.4, -0.2) is 20.0 Å². The van der Waals surface area contributed by atoms with E-state index in [-0.39, 0.29) is 5.38 Å². The van der Waals surface area contributed by atoms with Crippen LogP contribution in [0.5, 0.6) is 0 Å². The van der Waals surface area contributed by atoms with Gasteiger partial charge in [0, 0.05) is 6.20 Å². The molecular formula is C10H11ClN4. The Morgan fingerprint density at radius 1 is 1.40 bits per heavy atom. The van der Waals surface area contributed by atoms with Gasteiger partial charge in [-0.1, -0.05) is 5.21 Å². The molecule has 0 aliphatic rings. The van der Waals surface area contributed by atoms with Crippen LogP contribution in [0.3, 0.4) is 0 Å². The van der Waals surface area contributed by atoms with Crippen LogP contribution in [0, 0.1) is 6.92 Å². The molecule has 2 rings (SSSR count). The van der Waals surface area contributed by atoms with Gasteiger partial charge in [0.1, 0.15) is 5.69 Å². The predicted octanol–water partition coefficient (Wildman–Crippen LogP) is 2.27. The first-order chi connectivity index (χ1) is 7.16. The van der Waals surface area contributed by atoms with Crippen LogP contribution in [0.4, 0.5) is 0 Å². The highest BCUT2D eigenvalue weighted by molar-refractivity contribution is 6.20. The molecule has 2 aromatic rings. The topological polar surface area (TPSA) is 43.6 Å². The number of hydrogen-bond donors (Lipinski definition) is 0. The summed E-state index contributed by atoms with van der Waals surface area (Å²) in [5, 5.41) is 7.84. The number of pyridine rings is 1. The first-order valence-electron chi connectivity index (χ1n) is 4.65. The maximum Gasteiger partial charge on any atom is 0.101 e. The van der Waals surface area contributed by atoms with Crippen LogP contribution in [0.1, 0.15) is 23.6 Å². The summed E-state index contributed by atoms with van der Waals surface area (Å²) in [6, 6.07) is 1.99. The molecule has 0 aliphatic heterocycles. The van der Waals surface area contributed by atoms with Gasteiger partial charge in [0.15, 0.2) is 0 Å². The van der Waals surface area contributed by atoms with Gasteiger partial charge in [-0.25, -0.2) is 4.68 Å². The Balaban J connectivity index is 2.37. The second-order valence-electron chi connectivity index (χ2n) is 3.42. The number of aromatic nitrogens is 4. The quantitative estimate of drug-likeness (QED) is 0.733. The number of nitrogens with zero attached hydrogens (tertiary/aromatic N) is 4. The lowest BCUT2D eigenvalue weighted by atomic mass is 10.3. The molecule has 0 aromatic carbocycles. The average molecular weight is 223 g/mol. The fraction of sp³-hybridized carbons (Fsp3) is 0.300. The fourth-order valence-electron chi connectivity index (χ4n) is 1.25. The highest BCUT2D eigenvalue weighted by Crippen LogP contribution is 2.17. The molecule has 0 amide bonds. The summed E-state index contributed by atoms with van der Waals surface area (Å²) in [6.07, 6.45) is 5.35. The second kappa shape index (κ2) is 3.98. The van der Waals surface area contributed by atoms with Crippen LogP contribution in [-0.2, 0) is 0 Å². The minimum absolute atomic E-state index is 0.128. The summed E-state index contributed by atoms with van der Waals surface area (Å²) >= 11 is 5.90. The first-order valence-corrected chi connectivity index (χ1v) is 5.09. The molecule has 2 heterocycles. The zero-order valence-corrected chi connectivity index (χ0v) is 9.31. The van der Waals surface area contributed by atoms with E-state index in [1.807, 2.05) is 26.1 Å². The van der Waals surface area contributed by atoms with E-state index in [1.165, 1.54) is 0 Å². The largest absolute Gasteiger partial charge is 0.262 e. The van der Waals surface area contributed by atoms with E-state index in [1.54, 1.807) is 17.1 Å². The zero-order valence-electron chi connectivity index (χ0n) is 8.55. The molecule has 0 saturated heterocycles. The van der Waals surface area contributed by atoms with Crippen molar-refractivity contribution in [3.05, 3.63) is 35.9 Å². The number of alkyl halides is 1. The van der Waals surface area contributed by atoms with E-state index in [0.717, 1.165) is 16.9 Å². The van der Waals surface area contributed by atoms with E-state index in [2.05, 4.69) is 15.3 Å². The third-order valence-corrected chi connectivity index (χ3v) is 2.27. The third-order valence-electron chi connectivity index (χ3n) is 2.04. The molecule has 0 bridgehead atoms. The van der Waals surface area contributed by atoms with Gasteiger partial charge in [-0.15, -0.1) is 16.7 Å². The number of hydrogen-bond acceptors (Lipinski definition) is 3. The molecule has 5 heteroatoms. The number of halogens is 1. The van der Waals surface area contributed by atoms with Crippen LogP contribution >= 0.6 is 11.6 Å². The van der Waals surface area contributed by atoms with Gasteiger partial charge in [0.25, 0.3) is 0 Å². The monoisotopic (exact) mass is 222 g/mol. The van der Waals surface area contributed by atoms with Crippen molar-refractivity contribution in [3.8, 4) is 5.69 Å². The molecule has 1 atom stereocenters. The molecule has 0 spiro atoms. The van der Waals surface area contributed by atoms with Crippen LogP contribution in [0.15, 0.2) is 24.7 Å². The van der Waals surface area contributed by atoms with Gasteiger partial charge in [-0.3, -0.25) is 4.98 Å². The van der Waals surface area contributed by atoms with E-state index in [4.69, 9.17) is 11.6 Å². The molecule has 0 radical (unpaired) electrons. The minimum Gasteiger partial charge on any atom is -0.262 e. The molecular weight excluding hydrogens is 212 g/mol. The van der Waals surface area contributed by atoms with Crippen molar-refractivity contribution >= 4 is 11.6 Å². The van der Waals surface area contributed by atoms with Crippen molar-refractivity contribution in [2.75, 3.05) is 0 Å². The Morgan fingerprint density at radius 3 is 2.80 bits per heavy atom. The lowest BCUT2D eigenvalue weighted by Gasteiger charge is -1.99. The molecule has 78 valence electrons. The van der Waals surface area contributed by atoms with Crippen LogP contribution < -0.4 is 0 Å². The minimum atomic E-state index is -0.128. The molecule has 15 heavy (non-hydrogen) atoms. The molecule has 4 nitrogen and oxygen atoms in total. The van der Waals surface area contributed by atoms with Crippen molar-refractivity contribution in [1.29, 1.82) is 0 Å². The highest BCUT2D eigenvalue weighted by Gasteiger charge is 2.07. The lowest BCUT2D eigenvalue weighted by Crippen LogP contribution is -1.96. The smallest absolute Gasteiger partial charge is 0.101 e. The number of rotatable bonds is 2. The maximum absolute atomic E-state index is 5.90. The van der Waals surface area contributed by atoms with Crippen LogP contribution in [0.2, 0.25) is 0 Å². The predicted molar refractivity (Wildman–Crippen MR) is 58.2 cm³/mol. The van der Waals surface area contributed by atoms with Gasteiger partial charge in [0.05, 0.1) is 23.5 Å². The van der Waals surface area contributed by atoms with Crippen molar-refractivity contribution in [3.63, 3.8) is 0 Å². The zero-order chi connectivity index (χ0) is 10.8. The molecule has 0 aliphatic carbocycles. The Bertz CT molecular complexity index is 464. The fourth-order valence-corrected chi connectivity index (χ4v) is 1.35. The van der Waals surface area contributed by atoms with Crippen molar-refractivity contribution in [2.24, 2.45) is 0 Å². The van der Waals surface area contributed by atoms with Crippen LogP contribution in [0.25, 0.3) is 5.69 Å². The third kappa shape index (κ3) is 2.15.